The summed E-state index contributed by atoms with van der Waals surface area (Å²) in [6, 6.07) is 7.13. The highest BCUT2D eigenvalue weighted by atomic mass is 16.5. The van der Waals surface area contributed by atoms with E-state index < -0.39 is 0 Å². The molecule has 0 spiro atoms. The Morgan fingerprint density at radius 3 is 2.36 bits per heavy atom. The molecule has 1 atom stereocenters. The highest BCUT2D eigenvalue weighted by Gasteiger charge is 2.28. The van der Waals surface area contributed by atoms with Gasteiger partial charge in [-0.15, -0.1) is 0 Å². The van der Waals surface area contributed by atoms with Crippen molar-refractivity contribution in [2.45, 2.75) is 102 Å². The molecular formula is C23H39BO. The molecule has 2 rings (SSSR count). The number of unbranched alkanes of at least 4 members (excludes halogenated alkanes) is 3. The molecule has 1 aliphatic rings. The Hall–Kier alpha value is -0.915. The molecule has 0 aliphatic heterocycles. The smallest absolute Gasteiger partial charge is 0.122 e. The van der Waals surface area contributed by atoms with Crippen LogP contribution in [0, 0.1) is 0 Å². The second kappa shape index (κ2) is 10.3. The maximum Gasteiger partial charge on any atom is 0.122 e. The molecule has 0 aromatic heterocycles. The van der Waals surface area contributed by atoms with Crippen molar-refractivity contribution in [3.05, 3.63) is 29.3 Å². The molecule has 0 saturated heterocycles. The van der Waals surface area contributed by atoms with Crippen molar-refractivity contribution >= 4 is 7.85 Å². The largest absolute Gasteiger partial charge is 0.496 e. The van der Waals surface area contributed by atoms with Crippen LogP contribution >= 0.6 is 0 Å². The van der Waals surface area contributed by atoms with Gasteiger partial charge in [0.15, 0.2) is 0 Å². The van der Waals surface area contributed by atoms with E-state index in [1.165, 1.54) is 88.2 Å². The summed E-state index contributed by atoms with van der Waals surface area (Å²) in [5.74, 6) is 1.70. The third-order valence-electron chi connectivity index (χ3n) is 6.41. The van der Waals surface area contributed by atoms with Crippen LogP contribution < -0.4 is 4.74 Å². The summed E-state index contributed by atoms with van der Waals surface area (Å²) in [4.78, 5) is 0. The van der Waals surface area contributed by atoms with Crippen LogP contribution in [-0.4, -0.2) is 15.0 Å². The van der Waals surface area contributed by atoms with E-state index in [0.29, 0.717) is 11.2 Å². The van der Waals surface area contributed by atoms with Crippen molar-refractivity contribution < 1.29 is 4.74 Å². The first kappa shape index (κ1) is 20.4. The zero-order valence-electron chi connectivity index (χ0n) is 17.2. The Kier molecular flexibility index (Phi) is 8.39. The van der Waals surface area contributed by atoms with Crippen LogP contribution in [0.3, 0.4) is 0 Å². The predicted molar refractivity (Wildman–Crippen MR) is 113 cm³/mol. The molecule has 0 amide bonds. The molecule has 0 radical (unpaired) electrons. The van der Waals surface area contributed by atoms with Gasteiger partial charge >= 0.3 is 0 Å². The number of hydrogen-bond donors (Lipinski definition) is 0. The lowest BCUT2D eigenvalue weighted by atomic mass is 9.58. The van der Waals surface area contributed by atoms with Crippen molar-refractivity contribution in [1.29, 1.82) is 0 Å². The van der Waals surface area contributed by atoms with Crippen molar-refractivity contribution in [1.82, 2.24) is 0 Å². The highest BCUT2D eigenvalue weighted by Crippen LogP contribution is 2.39. The summed E-state index contributed by atoms with van der Waals surface area (Å²) in [6.45, 7) is 4.64. The van der Waals surface area contributed by atoms with Crippen molar-refractivity contribution in [2.24, 2.45) is 0 Å². The number of rotatable bonds is 8. The van der Waals surface area contributed by atoms with Crippen LogP contribution in [0.4, 0.5) is 0 Å². The van der Waals surface area contributed by atoms with E-state index in [1.54, 1.807) is 0 Å². The fourth-order valence-electron chi connectivity index (χ4n) is 4.50. The molecule has 1 unspecified atom stereocenters. The molecular weight excluding hydrogens is 303 g/mol. The van der Waals surface area contributed by atoms with Crippen LogP contribution in [-0.2, 0) is 5.31 Å². The Morgan fingerprint density at radius 2 is 1.72 bits per heavy atom. The predicted octanol–water partition coefficient (Wildman–Crippen LogP) is 6.34. The zero-order chi connectivity index (χ0) is 18.1. The topological polar surface area (TPSA) is 9.23 Å². The van der Waals surface area contributed by atoms with E-state index in [1.807, 2.05) is 7.11 Å². The van der Waals surface area contributed by atoms with Gasteiger partial charge in [0.2, 0.25) is 0 Å². The molecule has 25 heavy (non-hydrogen) atoms. The van der Waals surface area contributed by atoms with Gasteiger partial charge in [0.25, 0.3) is 0 Å². The van der Waals surface area contributed by atoms with Gasteiger partial charge in [-0.3, -0.25) is 0 Å². The summed E-state index contributed by atoms with van der Waals surface area (Å²) in [7, 11) is 4.31. The molecule has 140 valence electrons. The molecule has 1 fully saturated rings. The number of hydrogen-bond acceptors (Lipinski definition) is 1. The molecule has 1 aromatic rings. The molecule has 0 bridgehead atoms. The minimum absolute atomic E-state index is 0.330. The summed E-state index contributed by atoms with van der Waals surface area (Å²) in [6.07, 6.45) is 16.2. The lowest BCUT2D eigenvalue weighted by molar-refractivity contribution is 0.395. The molecule has 1 saturated carbocycles. The monoisotopic (exact) mass is 342 g/mol. The molecule has 1 nitrogen and oxygen atoms in total. The third kappa shape index (κ3) is 5.79. The van der Waals surface area contributed by atoms with Crippen LogP contribution in [0.15, 0.2) is 18.2 Å². The normalized spacial score (nSPS) is 19.0. The molecule has 0 heterocycles. The quantitative estimate of drug-likeness (QED) is 0.395. The van der Waals surface area contributed by atoms with Crippen LogP contribution in [0.2, 0.25) is 0 Å². The maximum atomic E-state index is 5.83. The fourth-order valence-corrected chi connectivity index (χ4v) is 4.50. The zero-order valence-corrected chi connectivity index (χ0v) is 17.2. The Balaban J connectivity index is 2.11. The summed E-state index contributed by atoms with van der Waals surface area (Å²) in [5.41, 5.74) is 2.89. The highest BCUT2D eigenvalue weighted by molar-refractivity contribution is 6.16. The lowest BCUT2D eigenvalue weighted by Crippen LogP contribution is -2.27. The number of benzene rings is 1. The lowest BCUT2D eigenvalue weighted by Gasteiger charge is -2.33. The van der Waals surface area contributed by atoms with E-state index in [2.05, 4.69) is 39.9 Å². The number of ether oxygens (including phenoxy) is 1. The summed E-state index contributed by atoms with van der Waals surface area (Å²) >= 11 is 0. The van der Waals surface area contributed by atoms with E-state index >= 15 is 0 Å². The fraction of sp³-hybridized carbons (Fsp3) is 0.739. The van der Waals surface area contributed by atoms with Crippen LogP contribution in [0.25, 0.3) is 0 Å². The molecule has 1 aromatic carbocycles. The second-order valence-corrected chi connectivity index (χ2v) is 8.54. The van der Waals surface area contributed by atoms with Crippen LogP contribution in [0.1, 0.15) is 108 Å². The first-order chi connectivity index (χ1) is 12.1. The summed E-state index contributed by atoms with van der Waals surface area (Å²) in [5, 5.41) is 0.330. The van der Waals surface area contributed by atoms with Gasteiger partial charge in [0.1, 0.15) is 13.6 Å². The van der Waals surface area contributed by atoms with E-state index in [9.17, 15) is 0 Å². The first-order valence-corrected chi connectivity index (χ1v) is 10.8. The maximum absolute atomic E-state index is 5.83. The summed E-state index contributed by atoms with van der Waals surface area (Å²) < 4.78 is 5.83. The Labute approximate surface area is 157 Å². The van der Waals surface area contributed by atoms with E-state index in [-0.39, 0.29) is 0 Å². The van der Waals surface area contributed by atoms with E-state index in [0.717, 1.165) is 5.75 Å². The standard InChI is InChI=1S/C23H39BO/c1-4-5-6-10-13-19(2)21-15-14-20(18-22(21)25-3)23(24)16-11-8-7-9-12-17-23/h14-15,18-19H,4-13,16-17,24H2,1-3H3. The Bertz CT molecular complexity index is 503. The van der Waals surface area contributed by atoms with Gasteiger partial charge in [-0.1, -0.05) is 96.6 Å². The van der Waals surface area contributed by atoms with Gasteiger partial charge in [-0.2, -0.15) is 0 Å². The second-order valence-electron chi connectivity index (χ2n) is 8.54. The van der Waals surface area contributed by atoms with Crippen molar-refractivity contribution in [2.75, 3.05) is 7.11 Å². The molecule has 0 N–H and O–H groups in total. The third-order valence-corrected chi connectivity index (χ3v) is 6.41. The van der Waals surface area contributed by atoms with Gasteiger partial charge in [-0.05, 0) is 34.8 Å². The minimum atomic E-state index is 0.330. The first-order valence-electron chi connectivity index (χ1n) is 10.8. The van der Waals surface area contributed by atoms with Crippen molar-refractivity contribution in [3.8, 4) is 5.75 Å². The average molecular weight is 342 g/mol. The number of methoxy groups -OCH3 is 1. The molecule has 1 aliphatic carbocycles. The van der Waals surface area contributed by atoms with E-state index in [4.69, 9.17) is 4.74 Å². The van der Waals surface area contributed by atoms with Gasteiger partial charge in [0, 0.05) is 0 Å². The van der Waals surface area contributed by atoms with Gasteiger partial charge in [-0.25, -0.2) is 0 Å². The minimum Gasteiger partial charge on any atom is -0.496 e. The van der Waals surface area contributed by atoms with Gasteiger partial charge in [0.05, 0.1) is 7.11 Å². The van der Waals surface area contributed by atoms with Crippen LogP contribution in [0.5, 0.6) is 5.75 Å². The SMILES string of the molecule is BC1(c2ccc(C(C)CCCCCC)c(OC)c2)CCCCCCC1. The van der Waals surface area contributed by atoms with Crippen molar-refractivity contribution in [3.63, 3.8) is 0 Å². The van der Waals surface area contributed by atoms with Gasteiger partial charge < -0.3 is 4.74 Å². The average Bonchev–Trinajstić information content (AvgIpc) is 2.61. The molecule has 2 heteroatoms. The Morgan fingerprint density at radius 1 is 1.04 bits per heavy atom.